The van der Waals surface area contributed by atoms with Crippen molar-refractivity contribution in [3.8, 4) is 5.75 Å². The third kappa shape index (κ3) is 3.60. The Labute approximate surface area is 146 Å². The van der Waals surface area contributed by atoms with Crippen LogP contribution in [0.15, 0.2) is 42.5 Å². The lowest BCUT2D eigenvalue weighted by molar-refractivity contribution is 0.0620. The van der Waals surface area contributed by atoms with Crippen LogP contribution in [0.4, 0.5) is 5.69 Å². The zero-order chi connectivity index (χ0) is 18.2. The van der Waals surface area contributed by atoms with Crippen LogP contribution in [0.3, 0.4) is 0 Å². The van der Waals surface area contributed by atoms with Gasteiger partial charge < -0.3 is 10.1 Å². The van der Waals surface area contributed by atoms with Crippen molar-refractivity contribution in [2.75, 3.05) is 5.32 Å². The molecule has 0 atom stereocenters. The Kier molecular flexibility index (Phi) is 4.17. The topological polar surface area (TPSA) is 72.5 Å². The molecule has 5 nitrogen and oxygen atoms in total. The molecule has 0 saturated carbocycles. The van der Waals surface area contributed by atoms with Crippen molar-refractivity contribution in [1.82, 2.24) is 0 Å². The highest BCUT2D eigenvalue weighted by Gasteiger charge is 2.32. The van der Waals surface area contributed by atoms with E-state index in [2.05, 4.69) is 5.32 Å². The van der Waals surface area contributed by atoms with E-state index in [1.54, 1.807) is 42.5 Å². The summed E-state index contributed by atoms with van der Waals surface area (Å²) in [5.74, 6) is 0.111. The summed E-state index contributed by atoms with van der Waals surface area (Å²) in [6, 6.07) is 11.5. The van der Waals surface area contributed by atoms with Gasteiger partial charge in [0.25, 0.3) is 5.91 Å². The van der Waals surface area contributed by atoms with Gasteiger partial charge in [0.2, 0.25) is 0 Å². The minimum atomic E-state index is -0.535. The van der Waals surface area contributed by atoms with Crippen LogP contribution in [-0.4, -0.2) is 23.1 Å². The van der Waals surface area contributed by atoms with Crippen molar-refractivity contribution in [2.24, 2.45) is 0 Å². The highest BCUT2D eigenvalue weighted by Crippen LogP contribution is 2.33. The molecule has 0 spiro atoms. The molecule has 0 aromatic heterocycles. The fourth-order valence-corrected chi connectivity index (χ4v) is 2.79. The molecule has 1 heterocycles. The molecule has 0 aliphatic carbocycles. The normalized spacial score (nSPS) is 15.1. The molecule has 25 heavy (non-hydrogen) atoms. The molecule has 5 heteroatoms. The number of ether oxygens (including phenoxy) is 1. The Balaban J connectivity index is 1.80. The fourth-order valence-electron chi connectivity index (χ4n) is 2.79. The molecule has 1 aliphatic heterocycles. The molecular weight excluding hydrogens is 318 g/mol. The van der Waals surface area contributed by atoms with E-state index < -0.39 is 5.60 Å². The van der Waals surface area contributed by atoms with Gasteiger partial charge in [-0.05, 0) is 63.2 Å². The van der Waals surface area contributed by atoms with Crippen LogP contribution >= 0.6 is 0 Å². The van der Waals surface area contributed by atoms with Gasteiger partial charge in [-0.3, -0.25) is 14.4 Å². The van der Waals surface area contributed by atoms with E-state index in [1.807, 2.05) is 13.8 Å². The van der Waals surface area contributed by atoms with Crippen molar-refractivity contribution < 1.29 is 19.1 Å². The predicted molar refractivity (Wildman–Crippen MR) is 94.5 cm³/mol. The predicted octanol–water partition coefficient (Wildman–Crippen LogP) is 3.89. The number of rotatable bonds is 3. The molecule has 1 N–H and O–H groups in total. The summed E-state index contributed by atoms with van der Waals surface area (Å²) in [7, 11) is 0. The van der Waals surface area contributed by atoms with Gasteiger partial charge in [0.05, 0.1) is 12.0 Å². The first-order valence-corrected chi connectivity index (χ1v) is 8.04. The first-order valence-electron chi connectivity index (χ1n) is 8.04. The first kappa shape index (κ1) is 16.9. The number of nitrogens with one attached hydrogen (secondary N) is 1. The first-order chi connectivity index (χ1) is 11.7. The van der Waals surface area contributed by atoms with Gasteiger partial charge in [-0.25, -0.2) is 0 Å². The maximum atomic E-state index is 12.4. The van der Waals surface area contributed by atoms with Gasteiger partial charge in [-0.15, -0.1) is 0 Å². The van der Waals surface area contributed by atoms with Crippen LogP contribution in [-0.2, 0) is 0 Å². The van der Waals surface area contributed by atoms with E-state index in [-0.39, 0.29) is 23.9 Å². The van der Waals surface area contributed by atoms with Gasteiger partial charge in [0.1, 0.15) is 11.4 Å². The van der Waals surface area contributed by atoms with Crippen molar-refractivity contribution in [3.63, 3.8) is 0 Å². The summed E-state index contributed by atoms with van der Waals surface area (Å²) >= 11 is 0. The maximum absolute atomic E-state index is 12.4. The third-order valence-corrected chi connectivity index (χ3v) is 4.06. The quantitative estimate of drug-likeness (QED) is 0.863. The molecule has 0 saturated heterocycles. The standard InChI is InChI=1S/C20H19NO4/c1-12(22)13-4-7-15(8-5-13)21-19(24)14-6-9-18-16(10-14)17(23)11-20(2,3)25-18/h4-10H,11H2,1-3H3,(H,21,24). The Morgan fingerprint density at radius 2 is 1.68 bits per heavy atom. The van der Waals surface area contributed by atoms with E-state index >= 15 is 0 Å². The lowest BCUT2D eigenvalue weighted by Crippen LogP contribution is -2.36. The van der Waals surface area contributed by atoms with Gasteiger partial charge in [0, 0.05) is 16.8 Å². The van der Waals surface area contributed by atoms with Crippen molar-refractivity contribution in [3.05, 3.63) is 59.2 Å². The second-order valence-corrected chi connectivity index (χ2v) is 6.76. The summed E-state index contributed by atoms with van der Waals surface area (Å²) in [6.45, 7) is 5.21. The molecule has 0 bridgehead atoms. The summed E-state index contributed by atoms with van der Waals surface area (Å²) in [5, 5.41) is 2.76. The van der Waals surface area contributed by atoms with Gasteiger partial charge in [-0.1, -0.05) is 0 Å². The monoisotopic (exact) mass is 337 g/mol. The second kappa shape index (κ2) is 6.16. The molecule has 0 fully saturated rings. The van der Waals surface area contributed by atoms with Gasteiger partial charge in [0.15, 0.2) is 11.6 Å². The number of hydrogen-bond acceptors (Lipinski definition) is 4. The molecule has 1 amide bonds. The molecule has 3 rings (SSSR count). The number of carbonyl (C=O) groups is 3. The zero-order valence-electron chi connectivity index (χ0n) is 14.4. The fraction of sp³-hybridized carbons (Fsp3) is 0.250. The summed E-state index contributed by atoms with van der Waals surface area (Å²) in [6.07, 6.45) is 0.275. The minimum Gasteiger partial charge on any atom is -0.487 e. The largest absolute Gasteiger partial charge is 0.487 e. The van der Waals surface area contributed by atoms with E-state index in [0.29, 0.717) is 28.1 Å². The average molecular weight is 337 g/mol. The van der Waals surface area contributed by atoms with Crippen LogP contribution < -0.4 is 10.1 Å². The summed E-state index contributed by atoms with van der Waals surface area (Å²) < 4.78 is 5.79. The number of carbonyl (C=O) groups excluding carboxylic acids is 3. The van der Waals surface area contributed by atoms with E-state index in [1.165, 1.54) is 6.92 Å². The molecule has 128 valence electrons. The van der Waals surface area contributed by atoms with Crippen molar-refractivity contribution >= 4 is 23.2 Å². The van der Waals surface area contributed by atoms with E-state index in [9.17, 15) is 14.4 Å². The van der Waals surface area contributed by atoms with Crippen LogP contribution in [0.5, 0.6) is 5.75 Å². The molecule has 0 unspecified atom stereocenters. The Morgan fingerprint density at radius 3 is 2.32 bits per heavy atom. The molecule has 2 aromatic rings. The third-order valence-electron chi connectivity index (χ3n) is 4.06. The molecule has 1 aliphatic rings. The minimum absolute atomic E-state index is 0.0333. The Hall–Kier alpha value is -2.95. The second-order valence-electron chi connectivity index (χ2n) is 6.76. The van der Waals surface area contributed by atoms with Crippen molar-refractivity contribution in [1.29, 1.82) is 0 Å². The van der Waals surface area contributed by atoms with Gasteiger partial charge in [-0.2, -0.15) is 0 Å². The number of anilines is 1. The van der Waals surface area contributed by atoms with Gasteiger partial charge >= 0.3 is 0 Å². The molecule has 2 aromatic carbocycles. The number of fused-ring (bicyclic) bond motifs is 1. The van der Waals surface area contributed by atoms with Crippen LogP contribution in [0.25, 0.3) is 0 Å². The highest BCUT2D eigenvalue weighted by molar-refractivity contribution is 6.08. The maximum Gasteiger partial charge on any atom is 0.255 e. The van der Waals surface area contributed by atoms with E-state index in [4.69, 9.17) is 4.74 Å². The SMILES string of the molecule is CC(=O)c1ccc(NC(=O)c2ccc3c(c2)C(=O)CC(C)(C)O3)cc1. The summed E-state index contributed by atoms with van der Waals surface area (Å²) in [5.41, 5.74) is 1.44. The number of hydrogen-bond donors (Lipinski definition) is 1. The number of amides is 1. The van der Waals surface area contributed by atoms with Crippen molar-refractivity contribution in [2.45, 2.75) is 32.8 Å². The average Bonchev–Trinajstić information content (AvgIpc) is 2.54. The van der Waals surface area contributed by atoms with E-state index in [0.717, 1.165) is 0 Å². The lowest BCUT2D eigenvalue weighted by Gasteiger charge is -2.31. The molecule has 0 radical (unpaired) electrons. The molecular formula is C20H19NO4. The number of ketones is 2. The van der Waals surface area contributed by atoms with Crippen LogP contribution in [0, 0.1) is 0 Å². The smallest absolute Gasteiger partial charge is 0.255 e. The Bertz CT molecular complexity index is 866. The van der Waals surface area contributed by atoms with Crippen LogP contribution in [0.2, 0.25) is 0 Å². The summed E-state index contributed by atoms with van der Waals surface area (Å²) in [4.78, 5) is 36.0. The van der Waals surface area contributed by atoms with Crippen LogP contribution in [0.1, 0.15) is 58.3 Å². The lowest BCUT2D eigenvalue weighted by atomic mass is 9.92. The highest BCUT2D eigenvalue weighted by atomic mass is 16.5. The number of Topliss-reactive ketones (excluding diaryl/α,β-unsaturated/α-hetero) is 2. The number of benzene rings is 2. The Morgan fingerprint density at radius 1 is 1.04 bits per heavy atom. The zero-order valence-corrected chi connectivity index (χ0v) is 14.4.